The van der Waals surface area contributed by atoms with Crippen LogP contribution in [0.3, 0.4) is 0 Å². The third-order valence-electron chi connectivity index (χ3n) is 4.44. The largest absolute Gasteiger partial charge is 0.497 e. The van der Waals surface area contributed by atoms with Crippen molar-refractivity contribution in [3.63, 3.8) is 0 Å². The molecule has 3 rings (SSSR count). The summed E-state index contributed by atoms with van der Waals surface area (Å²) in [4.78, 5) is 2.23. The Morgan fingerprint density at radius 3 is 2.07 bits per heavy atom. The van der Waals surface area contributed by atoms with Gasteiger partial charge in [-0.3, -0.25) is 0 Å². The van der Waals surface area contributed by atoms with E-state index in [2.05, 4.69) is 29.2 Å². The second-order valence-electron chi connectivity index (χ2n) is 6.25. The number of benzene rings is 2. The fourth-order valence-corrected chi connectivity index (χ4v) is 3.02. The minimum atomic E-state index is 0.453. The van der Waals surface area contributed by atoms with Gasteiger partial charge in [-0.25, -0.2) is 0 Å². The predicted octanol–water partition coefficient (Wildman–Crippen LogP) is 3.91. The van der Waals surface area contributed by atoms with Crippen molar-refractivity contribution in [1.29, 1.82) is 0 Å². The summed E-state index contributed by atoms with van der Waals surface area (Å²) in [5.41, 5.74) is 3.23. The van der Waals surface area contributed by atoms with Crippen molar-refractivity contribution >= 4 is 17.5 Å². The van der Waals surface area contributed by atoms with E-state index in [0.717, 1.165) is 29.2 Å². The number of hydrogen-bond donors (Lipinski definition) is 0. The Morgan fingerprint density at radius 1 is 0.821 bits per heavy atom. The van der Waals surface area contributed by atoms with E-state index in [9.17, 15) is 0 Å². The first-order chi connectivity index (χ1) is 13.8. The third-order valence-corrected chi connectivity index (χ3v) is 4.44. The number of anilines is 2. The van der Waals surface area contributed by atoms with E-state index < -0.39 is 0 Å². The van der Waals surface area contributed by atoms with Crippen LogP contribution in [0.4, 0.5) is 11.4 Å². The maximum absolute atomic E-state index is 5.93. The third kappa shape index (κ3) is 4.77. The molecule has 0 aromatic heterocycles. The maximum Gasteiger partial charge on any atom is 0.163 e. The van der Waals surface area contributed by atoms with Gasteiger partial charge >= 0.3 is 0 Å². The van der Waals surface area contributed by atoms with E-state index in [-0.39, 0.29) is 0 Å². The highest BCUT2D eigenvalue weighted by atomic mass is 16.5. The molecule has 28 heavy (non-hydrogen) atoms. The van der Waals surface area contributed by atoms with E-state index in [4.69, 9.17) is 23.7 Å². The molecular formula is C22H27NO5. The van der Waals surface area contributed by atoms with Crippen molar-refractivity contribution in [2.24, 2.45) is 0 Å². The van der Waals surface area contributed by atoms with Crippen LogP contribution in [0.15, 0.2) is 42.5 Å². The average Bonchev–Trinajstić information content (AvgIpc) is 2.74. The Morgan fingerprint density at radius 2 is 1.46 bits per heavy atom. The molecule has 1 aliphatic rings. The Labute approximate surface area is 166 Å². The van der Waals surface area contributed by atoms with E-state index >= 15 is 0 Å². The molecule has 0 spiro atoms. The van der Waals surface area contributed by atoms with Crippen LogP contribution in [0.5, 0.6) is 17.2 Å². The minimum Gasteiger partial charge on any atom is -0.497 e. The standard InChI is InChI=1S/C22H27NO5/c1-24-11-13-27-21-15-17-5-4-10-23(18-6-8-19(26-3)9-7-18)20(17)16-22(21)28-14-12-25-2/h4-9,15-16H,10-14H2,1-3H3. The first-order valence-electron chi connectivity index (χ1n) is 9.26. The van der Waals surface area contributed by atoms with Gasteiger partial charge in [-0.15, -0.1) is 0 Å². The van der Waals surface area contributed by atoms with Gasteiger partial charge in [-0.2, -0.15) is 0 Å². The topological polar surface area (TPSA) is 49.4 Å². The van der Waals surface area contributed by atoms with Crippen molar-refractivity contribution in [3.8, 4) is 17.2 Å². The fourth-order valence-electron chi connectivity index (χ4n) is 3.02. The van der Waals surface area contributed by atoms with E-state index in [1.54, 1.807) is 21.3 Å². The molecule has 0 saturated carbocycles. The van der Waals surface area contributed by atoms with E-state index in [1.807, 2.05) is 24.3 Å². The highest BCUT2D eigenvalue weighted by Gasteiger charge is 2.19. The summed E-state index contributed by atoms with van der Waals surface area (Å²) >= 11 is 0. The summed E-state index contributed by atoms with van der Waals surface area (Å²) in [6.07, 6.45) is 4.24. The van der Waals surface area contributed by atoms with Gasteiger partial charge in [-0.1, -0.05) is 12.2 Å². The van der Waals surface area contributed by atoms with Crippen LogP contribution in [-0.4, -0.2) is 54.3 Å². The zero-order chi connectivity index (χ0) is 19.8. The Kier molecular flexibility index (Phi) is 7.17. The number of methoxy groups -OCH3 is 3. The second kappa shape index (κ2) is 10.0. The molecule has 0 fully saturated rings. The number of nitrogens with zero attached hydrogens (tertiary/aromatic N) is 1. The number of hydrogen-bond acceptors (Lipinski definition) is 6. The van der Waals surface area contributed by atoms with E-state index in [1.165, 1.54) is 0 Å². The number of rotatable bonds is 10. The summed E-state index contributed by atoms with van der Waals surface area (Å²) in [5, 5.41) is 0. The molecule has 0 bridgehead atoms. The van der Waals surface area contributed by atoms with Gasteiger partial charge in [0.25, 0.3) is 0 Å². The number of ether oxygens (including phenoxy) is 5. The van der Waals surface area contributed by atoms with Crippen LogP contribution in [0, 0.1) is 0 Å². The quantitative estimate of drug-likeness (QED) is 0.578. The minimum absolute atomic E-state index is 0.453. The summed E-state index contributed by atoms with van der Waals surface area (Å²) in [7, 11) is 4.98. The van der Waals surface area contributed by atoms with Gasteiger partial charge in [0.1, 0.15) is 19.0 Å². The molecule has 6 nitrogen and oxygen atoms in total. The van der Waals surface area contributed by atoms with Gasteiger partial charge in [0.05, 0.1) is 26.0 Å². The lowest BCUT2D eigenvalue weighted by Gasteiger charge is -2.29. The summed E-state index contributed by atoms with van der Waals surface area (Å²) in [5.74, 6) is 2.23. The lowest BCUT2D eigenvalue weighted by atomic mass is 10.1. The molecule has 0 saturated heterocycles. The van der Waals surface area contributed by atoms with Gasteiger partial charge in [0.2, 0.25) is 0 Å². The van der Waals surface area contributed by atoms with Crippen LogP contribution in [-0.2, 0) is 9.47 Å². The molecule has 0 aliphatic carbocycles. The molecule has 0 N–H and O–H groups in total. The Bertz CT molecular complexity index is 788. The molecule has 150 valence electrons. The molecular weight excluding hydrogens is 358 g/mol. The van der Waals surface area contributed by atoms with Gasteiger partial charge in [0.15, 0.2) is 11.5 Å². The SMILES string of the molecule is COCCOc1cc2c(cc1OCCOC)N(c1ccc(OC)cc1)CC=C2. The van der Waals surface area contributed by atoms with Crippen molar-refractivity contribution < 1.29 is 23.7 Å². The zero-order valence-electron chi connectivity index (χ0n) is 16.6. The molecule has 1 aliphatic heterocycles. The molecule has 1 heterocycles. The monoisotopic (exact) mass is 385 g/mol. The lowest BCUT2D eigenvalue weighted by molar-refractivity contribution is 0.132. The molecule has 0 amide bonds. The maximum atomic E-state index is 5.93. The van der Waals surface area contributed by atoms with Crippen molar-refractivity contribution in [2.45, 2.75) is 0 Å². The lowest BCUT2D eigenvalue weighted by Crippen LogP contribution is -2.20. The van der Waals surface area contributed by atoms with Crippen LogP contribution in [0.1, 0.15) is 5.56 Å². The fraction of sp³-hybridized carbons (Fsp3) is 0.364. The predicted molar refractivity (Wildman–Crippen MR) is 110 cm³/mol. The molecule has 0 radical (unpaired) electrons. The molecule has 2 aromatic rings. The van der Waals surface area contributed by atoms with Crippen LogP contribution >= 0.6 is 0 Å². The van der Waals surface area contributed by atoms with Gasteiger partial charge < -0.3 is 28.6 Å². The molecule has 0 unspecified atom stereocenters. The zero-order valence-corrected chi connectivity index (χ0v) is 16.6. The molecule has 2 aromatic carbocycles. The van der Waals surface area contributed by atoms with Crippen molar-refractivity contribution in [1.82, 2.24) is 0 Å². The van der Waals surface area contributed by atoms with E-state index in [0.29, 0.717) is 37.9 Å². The van der Waals surface area contributed by atoms with Gasteiger partial charge in [0, 0.05) is 38.1 Å². The average molecular weight is 385 g/mol. The highest BCUT2D eigenvalue weighted by Crippen LogP contribution is 2.40. The highest BCUT2D eigenvalue weighted by molar-refractivity contribution is 5.80. The number of fused-ring (bicyclic) bond motifs is 1. The smallest absolute Gasteiger partial charge is 0.163 e. The Hall–Kier alpha value is -2.70. The van der Waals surface area contributed by atoms with Gasteiger partial charge in [-0.05, 0) is 30.3 Å². The second-order valence-corrected chi connectivity index (χ2v) is 6.25. The summed E-state index contributed by atoms with van der Waals surface area (Å²) in [6.45, 7) is 2.72. The summed E-state index contributed by atoms with van der Waals surface area (Å²) < 4.78 is 27.3. The molecule has 0 atom stereocenters. The van der Waals surface area contributed by atoms with Crippen molar-refractivity contribution in [2.75, 3.05) is 59.2 Å². The van der Waals surface area contributed by atoms with Crippen LogP contribution < -0.4 is 19.1 Å². The molecule has 6 heteroatoms. The van der Waals surface area contributed by atoms with Crippen LogP contribution in [0.2, 0.25) is 0 Å². The van der Waals surface area contributed by atoms with Crippen LogP contribution in [0.25, 0.3) is 6.08 Å². The Balaban J connectivity index is 1.91. The summed E-state index contributed by atoms with van der Waals surface area (Å²) in [6, 6.07) is 12.1. The first kappa shape index (κ1) is 20.0. The first-order valence-corrected chi connectivity index (χ1v) is 9.26. The van der Waals surface area contributed by atoms with Crippen molar-refractivity contribution in [3.05, 3.63) is 48.0 Å². The normalized spacial score (nSPS) is 12.6.